The van der Waals surface area contributed by atoms with Gasteiger partial charge in [-0.05, 0) is 14.1 Å². The summed E-state index contributed by atoms with van der Waals surface area (Å²) >= 11 is 0. The zero-order valence-corrected chi connectivity index (χ0v) is 11.8. The summed E-state index contributed by atoms with van der Waals surface area (Å²) in [6.07, 6.45) is 0.463. The number of amides is 2. The molecular weight excluding hydrogens is 232 g/mol. The van der Waals surface area contributed by atoms with Crippen molar-refractivity contribution in [1.82, 2.24) is 20.0 Å². The van der Waals surface area contributed by atoms with Gasteiger partial charge in [-0.2, -0.15) is 0 Å². The average molecular weight is 256 g/mol. The third-order valence-electron chi connectivity index (χ3n) is 3.06. The van der Waals surface area contributed by atoms with Gasteiger partial charge in [-0.1, -0.05) is 0 Å². The standard InChI is InChI=1S/C12H24N4O2/c1-14(2)7-5-11(17)16-8-6-13-9-10(16)12(18)15(3)4/h10,13H,5-9H2,1-4H3. The number of carbonyl (C=O) groups is 2. The molecule has 0 aromatic carbocycles. The van der Waals surface area contributed by atoms with Crippen molar-refractivity contribution < 1.29 is 9.59 Å². The summed E-state index contributed by atoms with van der Waals surface area (Å²) in [6, 6.07) is -0.358. The van der Waals surface area contributed by atoms with Gasteiger partial charge in [-0.15, -0.1) is 0 Å². The Bertz CT molecular complexity index is 304. The minimum Gasteiger partial charge on any atom is -0.347 e. The normalized spacial score (nSPS) is 20.1. The van der Waals surface area contributed by atoms with Gasteiger partial charge in [0.05, 0.1) is 0 Å². The Morgan fingerprint density at radius 1 is 1.28 bits per heavy atom. The van der Waals surface area contributed by atoms with Gasteiger partial charge in [0, 0.05) is 46.7 Å². The van der Waals surface area contributed by atoms with Crippen LogP contribution in [-0.4, -0.2) is 86.9 Å². The lowest BCUT2D eigenvalue weighted by Crippen LogP contribution is -2.59. The number of rotatable bonds is 4. The van der Waals surface area contributed by atoms with Crippen LogP contribution in [0.1, 0.15) is 6.42 Å². The van der Waals surface area contributed by atoms with Crippen molar-refractivity contribution in [2.45, 2.75) is 12.5 Å². The molecule has 1 unspecified atom stereocenters. The van der Waals surface area contributed by atoms with Crippen molar-refractivity contribution in [1.29, 1.82) is 0 Å². The molecule has 0 aromatic heterocycles. The van der Waals surface area contributed by atoms with E-state index in [1.54, 1.807) is 23.9 Å². The molecule has 1 saturated heterocycles. The van der Waals surface area contributed by atoms with Gasteiger partial charge >= 0.3 is 0 Å². The van der Waals surface area contributed by atoms with Crippen molar-refractivity contribution in [2.24, 2.45) is 0 Å². The summed E-state index contributed by atoms with van der Waals surface area (Å²) in [5.74, 6) is 0.0470. The van der Waals surface area contributed by atoms with E-state index < -0.39 is 0 Å². The van der Waals surface area contributed by atoms with Crippen molar-refractivity contribution in [2.75, 3.05) is 54.4 Å². The Kier molecular flexibility index (Phi) is 5.55. The third-order valence-corrected chi connectivity index (χ3v) is 3.06. The predicted octanol–water partition coefficient (Wildman–Crippen LogP) is -1.17. The minimum atomic E-state index is -0.358. The van der Waals surface area contributed by atoms with Gasteiger partial charge < -0.3 is 20.0 Å². The highest BCUT2D eigenvalue weighted by atomic mass is 16.2. The van der Waals surface area contributed by atoms with Crippen LogP contribution in [0.4, 0.5) is 0 Å². The zero-order valence-electron chi connectivity index (χ0n) is 11.8. The summed E-state index contributed by atoms with van der Waals surface area (Å²) in [7, 11) is 7.32. The number of carbonyl (C=O) groups excluding carboxylic acids is 2. The number of likely N-dealkylation sites (N-methyl/N-ethyl adjacent to an activating group) is 1. The Hall–Kier alpha value is -1.14. The van der Waals surface area contributed by atoms with Crippen LogP contribution in [0, 0.1) is 0 Å². The fourth-order valence-corrected chi connectivity index (χ4v) is 1.98. The van der Waals surface area contributed by atoms with Crippen molar-refractivity contribution >= 4 is 11.8 Å². The molecule has 2 amide bonds. The van der Waals surface area contributed by atoms with Crippen molar-refractivity contribution in [3.05, 3.63) is 0 Å². The van der Waals surface area contributed by atoms with Gasteiger partial charge in [-0.3, -0.25) is 9.59 Å². The van der Waals surface area contributed by atoms with Gasteiger partial charge in [0.15, 0.2) is 0 Å². The molecule has 0 spiro atoms. The van der Waals surface area contributed by atoms with E-state index in [0.29, 0.717) is 26.1 Å². The molecule has 0 aromatic rings. The first-order valence-corrected chi connectivity index (χ1v) is 6.29. The van der Waals surface area contributed by atoms with Crippen LogP contribution in [0.2, 0.25) is 0 Å². The molecule has 1 fully saturated rings. The van der Waals surface area contributed by atoms with Crippen LogP contribution < -0.4 is 5.32 Å². The maximum absolute atomic E-state index is 12.1. The molecule has 104 valence electrons. The maximum Gasteiger partial charge on any atom is 0.246 e. The molecule has 18 heavy (non-hydrogen) atoms. The number of nitrogens with one attached hydrogen (secondary N) is 1. The van der Waals surface area contributed by atoms with E-state index in [0.717, 1.165) is 6.54 Å². The average Bonchev–Trinajstić information content (AvgIpc) is 2.34. The largest absolute Gasteiger partial charge is 0.347 e. The van der Waals surface area contributed by atoms with E-state index in [1.807, 2.05) is 19.0 Å². The van der Waals surface area contributed by atoms with Gasteiger partial charge in [0.1, 0.15) is 6.04 Å². The number of piperazine rings is 1. The molecule has 6 heteroatoms. The molecule has 1 N–H and O–H groups in total. The first-order chi connectivity index (χ1) is 8.43. The second-order valence-corrected chi connectivity index (χ2v) is 5.09. The fourth-order valence-electron chi connectivity index (χ4n) is 1.98. The van der Waals surface area contributed by atoms with E-state index in [-0.39, 0.29) is 17.9 Å². The number of hydrogen-bond acceptors (Lipinski definition) is 4. The van der Waals surface area contributed by atoms with Crippen LogP contribution >= 0.6 is 0 Å². The molecule has 0 saturated carbocycles. The topological polar surface area (TPSA) is 55.9 Å². The van der Waals surface area contributed by atoms with Gasteiger partial charge in [0.25, 0.3) is 0 Å². The molecule has 0 bridgehead atoms. The lowest BCUT2D eigenvalue weighted by atomic mass is 10.1. The van der Waals surface area contributed by atoms with Crippen molar-refractivity contribution in [3.8, 4) is 0 Å². The second-order valence-electron chi connectivity index (χ2n) is 5.09. The molecule has 1 aliphatic rings. The lowest BCUT2D eigenvalue weighted by Gasteiger charge is -2.36. The summed E-state index contributed by atoms with van der Waals surface area (Å²) in [5, 5.41) is 3.17. The second kappa shape index (κ2) is 6.70. The van der Waals surface area contributed by atoms with E-state index in [2.05, 4.69) is 5.32 Å². The molecule has 6 nitrogen and oxygen atoms in total. The Balaban J connectivity index is 2.64. The highest BCUT2D eigenvalue weighted by Crippen LogP contribution is 2.08. The monoisotopic (exact) mass is 256 g/mol. The molecule has 1 heterocycles. The minimum absolute atomic E-state index is 0.0135. The quantitative estimate of drug-likeness (QED) is 0.688. The fraction of sp³-hybridized carbons (Fsp3) is 0.833. The molecular formula is C12H24N4O2. The SMILES string of the molecule is CN(C)CCC(=O)N1CCNCC1C(=O)N(C)C. The summed E-state index contributed by atoms with van der Waals surface area (Å²) in [6.45, 7) is 2.62. The molecule has 0 radical (unpaired) electrons. The van der Waals surface area contributed by atoms with Crippen LogP contribution in [0.15, 0.2) is 0 Å². The molecule has 1 aliphatic heterocycles. The smallest absolute Gasteiger partial charge is 0.246 e. The van der Waals surface area contributed by atoms with Gasteiger partial charge in [0.2, 0.25) is 11.8 Å². The van der Waals surface area contributed by atoms with E-state index >= 15 is 0 Å². The first-order valence-electron chi connectivity index (χ1n) is 6.29. The Morgan fingerprint density at radius 2 is 1.94 bits per heavy atom. The third kappa shape index (κ3) is 3.96. The van der Waals surface area contributed by atoms with Crippen molar-refractivity contribution in [3.63, 3.8) is 0 Å². The van der Waals surface area contributed by atoms with E-state index in [9.17, 15) is 9.59 Å². The first kappa shape index (κ1) is 14.9. The summed E-state index contributed by atoms with van der Waals surface area (Å²) in [5.41, 5.74) is 0. The predicted molar refractivity (Wildman–Crippen MR) is 70.2 cm³/mol. The lowest BCUT2D eigenvalue weighted by molar-refractivity contribution is -0.145. The summed E-state index contributed by atoms with van der Waals surface area (Å²) in [4.78, 5) is 29.4. The van der Waals surface area contributed by atoms with Crippen LogP contribution in [0.25, 0.3) is 0 Å². The highest BCUT2D eigenvalue weighted by Gasteiger charge is 2.32. The zero-order chi connectivity index (χ0) is 13.7. The van der Waals surface area contributed by atoms with Gasteiger partial charge in [-0.25, -0.2) is 0 Å². The number of hydrogen-bond donors (Lipinski definition) is 1. The number of nitrogens with zero attached hydrogens (tertiary/aromatic N) is 3. The molecule has 1 rings (SSSR count). The van der Waals surface area contributed by atoms with Crippen LogP contribution in [0.3, 0.4) is 0 Å². The Labute approximate surface area is 109 Å². The molecule has 0 aliphatic carbocycles. The molecule has 1 atom stereocenters. The van der Waals surface area contributed by atoms with E-state index in [4.69, 9.17) is 0 Å². The van der Waals surface area contributed by atoms with E-state index in [1.165, 1.54) is 0 Å². The highest BCUT2D eigenvalue weighted by molar-refractivity contribution is 5.88. The summed E-state index contributed by atoms with van der Waals surface area (Å²) < 4.78 is 0. The Morgan fingerprint density at radius 3 is 2.50 bits per heavy atom. The van der Waals surface area contributed by atoms with Crippen LogP contribution in [0.5, 0.6) is 0 Å². The maximum atomic E-state index is 12.1. The van der Waals surface area contributed by atoms with Crippen LogP contribution in [-0.2, 0) is 9.59 Å².